The molecule has 8 nitrogen and oxygen atoms in total. The van der Waals surface area contributed by atoms with Crippen molar-refractivity contribution in [1.29, 1.82) is 0 Å². The second kappa shape index (κ2) is 8.70. The van der Waals surface area contributed by atoms with Crippen LogP contribution in [0.25, 0.3) is 0 Å². The summed E-state index contributed by atoms with van der Waals surface area (Å²) in [5, 5.41) is 8.75. The van der Waals surface area contributed by atoms with Gasteiger partial charge < -0.3 is 4.90 Å². The van der Waals surface area contributed by atoms with Crippen LogP contribution in [0.3, 0.4) is 0 Å². The molecule has 29 heavy (non-hydrogen) atoms. The summed E-state index contributed by atoms with van der Waals surface area (Å²) in [6.45, 7) is 5.87. The van der Waals surface area contributed by atoms with E-state index in [0.29, 0.717) is 23.8 Å². The number of aromatic nitrogens is 3. The molecular weight excluding hydrogens is 366 g/mol. The number of piperidine rings is 1. The summed E-state index contributed by atoms with van der Waals surface area (Å²) >= 11 is 0. The SMILES string of the molecule is O=C(C1NNC2CCCCC21)N1CCCC(Cn2cc(CN3CCCC3)nn2)C1. The van der Waals surface area contributed by atoms with E-state index in [1.807, 2.05) is 4.68 Å². The van der Waals surface area contributed by atoms with E-state index in [0.717, 1.165) is 51.1 Å². The highest BCUT2D eigenvalue weighted by atomic mass is 16.2. The number of rotatable bonds is 5. The molecule has 4 aliphatic rings. The molecule has 3 aliphatic heterocycles. The number of likely N-dealkylation sites (tertiary alicyclic amines) is 2. The van der Waals surface area contributed by atoms with Gasteiger partial charge in [-0.05, 0) is 57.5 Å². The monoisotopic (exact) mass is 401 g/mol. The summed E-state index contributed by atoms with van der Waals surface area (Å²) < 4.78 is 2.00. The first-order valence-corrected chi connectivity index (χ1v) is 11.7. The number of carbonyl (C=O) groups excluding carboxylic acids is 1. The van der Waals surface area contributed by atoms with E-state index in [2.05, 4.69) is 37.2 Å². The van der Waals surface area contributed by atoms with Gasteiger partial charge in [0, 0.05) is 44.3 Å². The molecule has 0 radical (unpaired) electrons. The lowest BCUT2D eigenvalue weighted by atomic mass is 9.81. The zero-order chi connectivity index (χ0) is 19.6. The lowest BCUT2D eigenvalue weighted by Crippen LogP contribution is -2.51. The van der Waals surface area contributed by atoms with E-state index in [-0.39, 0.29) is 6.04 Å². The Kier molecular flexibility index (Phi) is 5.83. The fraction of sp³-hybridized carbons (Fsp3) is 0.857. The molecule has 4 unspecified atom stereocenters. The average molecular weight is 402 g/mol. The van der Waals surface area contributed by atoms with Gasteiger partial charge in [0.2, 0.25) is 5.91 Å². The minimum atomic E-state index is -0.0440. The highest BCUT2D eigenvalue weighted by Gasteiger charge is 2.43. The van der Waals surface area contributed by atoms with E-state index in [4.69, 9.17) is 0 Å². The van der Waals surface area contributed by atoms with Crippen molar-refractivity contribution in [2.45, 2.75) is 76.5 Å². The van der Waals surface area contributed by atoms with E-state index < -0.39 is 0 Å². The number of fused-ring (bicyclic) bond motifs is 1. The zero-order valence-electron chi connectivity index (χ0n) is 17.4. The second-order valence-corrected chi connectivity index (χ2v) is 9.53. The maximum atomic E-state index is 13.2. The summed E-state index contributed by atoms with van der Waals surface area (Å²) in [4.78, 5) is 17.8. The van der Waals surface area contributed by atoms with Crippen LogP contribution in [0, 0.1) is 11.8 Å². The van der Waals surface area contributed by atoms with Crippen molar-refractivity contribution < 1.29 is 4.79 Å². The Morgan fingerprint density at radius 1 is 1.03 bits per heavy atom. The molecule has 3 saturated heterocycles. The molecule has 2 N–H and O–H groups in total. The summed E-state index contributed by atoms with van der Waals surface area (Å²) in [5.41, 5.74) is 7.78. The lowest BCUT2D eigenvalue weighted by molar-refractivity contribution is -0.136. The third-order valence-corrected chi connectivity index (χ3v) is 7.38. The zero-order valence-corrected chi connectivity index (χ0v) is 17.4. The third-order valence-electron chi connectivity index (χ3n) is 7.38. The second-order valence-electron chi connectivity index (χ2n) is 9.53. The van der Waals surface area contributed by atoms with Crippen molar-refractivity contribution in [1.82, 2.24) is 35.6 Å². The van der Waals surface area contributed by atoms with Crippen LogP contribution in [-0.4, -0.2) is 69.0 Å². The number of hydrazine groups is 1. The molecule has 8 heteroatoms. The topological polar surface area (TPSA) is 78.3 Å². The van der Waals surface area contributed by atoms with E-state index in [9.17, 15) is 4.79 Å². The van der Waals surface area contributed by atoms with Crippen LogP contribution in [0.4, 0.5) is 0 Å². The normalized spacial score (nSPS) is 33.2. The molecule has 4 atom stereocenters. The minimum Gasteiger partial charge on any atom is -0.341 e. The summed E-state index contributed by atoms with van der Waals surface area (Å²) in [5.74, 6) is 1.22. The van der Waals surface area contributed by atoms with E-state index in [1.54, 1.807) is 0 Å². The van der Waals surface area contributed by atoms with Crippen LogP contribution in [0.2, 0.25) is 0 Å². The summed E-state index contributed by atoms with van der Waals surface area (Å²) in [6.07, 6.45) is 11.8. The molecule has 1 amide bonds. The molecule has 0 aromatic carbocycles. The Morgan fingerprint density at radius 3 is 2.79 bits per heavy atom. The minimum absolute atomic E-state index is 0.0440. The van der Waals surface area contributed by atoms with Crippen molar-refractivity contribution in [3.05, 3.63) is 11.9 Å². The predicted octanol–water partition coefficient (Wildman–Crippen LogP) is 1.15. The highest BCUT2D eigenvalue weighted by molar-refractivity contribution is 5.82. The van der Waals surface area contributed by atoms with Gasteiger partial charge in [-0.15, -0.1) is 5.10 Å². The maximum absolute atomic E-state index is 13.2. The molecule has 4 heterocycles. The number of nitrogens with zero attached hydrogens (tertiary/aromatic N) is 5. The largest absolute Gasteiger partial charge is 0.341 e. The number of hydrogen-bond donors (Lipinski definition) is 2. The molecule has 160 valence electrons. The molecule has 1 saturated carbocycles. The first-order valence-electron chi connectivity index (χ1n) is 11.7. The van der Waals surface area contributed by atoms with Crippen LogP contribution in [0.1, 0.15) is 57.1 Å². The van der Waals surface area contributed by atoms with Gasteiger partial charge in [0.05, 0.1) is 5.69 Å². The fourth-order valence-electron chi connectivity index (χ4n) is 5.83. The standard InChI is InChI=1S/C21H35N7O/c29-21(20-18-7-1-2-8-19(18)23-24-20)27-11-5-6-16(12-27)13-28-15-17(22-25-28)14-26-9-3-4-10-26/h15-16,18-20,23-24H,1-14H2. The van der Waals surface area contributed by atoms with Crippen LogP contribution >= 0.6 is 0 Å². The Balaban J connectivity index is 1.15. The molecule has 0 bridgehead atoms. The van der Waals surface area contributed by atoms with E-state index >= 15 is 0 Å². The van der Waals surface area contributed by atoms with Gasteiger partial charge >= 0.3 is 0 Å². The van der Waals surface area contributed by atoms with Crippen molar-refractivity contribution in [2.75, 3.05) is 26.2 Å². The van der Waals surface area contributed by atoms with Crippen LogP contribution in [0.15, 0.2) is 6.20 Å². The molecule has 4 fully saturated rings. The maximum Gasteiger partial charge on any atom is 0.241 e. The van der Waals surface area contributed by atoms with Gasteiger partial charge in [-0.1, -0.05) is 18.1 Å². The summed E-state index contributed by atoms with van der Waals surface area (Å²) in [7, 11) is 0. The first kappa shape index (κ1) is 19.5. The Bertz CT molecular complexity index is 701. The van der Waals surface area contributed by atoms with Gasteiger partial charge in [-0.25, -0.2) is 5.43 Å². The predicted molar refractivity (Wildman–Crippen MR) is 110 cm³/mol. The van der Waals surface area contributed by atoms with Crippen LogP contribution in [0.5, 0.6) is 0 Å². The van der Waals surface area contributed by atoms with Crippen molar-refractivity contribution in [3.8, 4) is 0 Å². The first-order chi connectivity index (χ1) is 14.3. The van der Waals surface area contributed by atoms with Crippen molar-refractivity contribution in [2.24, 2.45) is 11.8 Å². The van der Waals surface area contributed by atoms with Crippen molar-refractivity contribution in [3.63, 3.8) is 0 Å². The molecule has 0 spiro atoms. The lowest BCUT2D eigenvalue weighted by Gasteiger charge is -2.36. The average Bonchev–Trinajstić information content (AvgIpc) is 3.49. The van der Waals surface area contributed by atoms with Gasteiger partial charge in [0.1, 0.15) is 6.04 Å². The highest BCUT2D eigenvalue weighted by Crippen LogP contribution is 2.31. The number of nitrogens with one attached hydrogen (secondary N) is 2. The molecular formula is C21H35N7O. The van der Waals surface area contributed by atoms with Gasteiger partial charge in [-0.3, -0.25) is 19.8 Å². The van der Waals surface area contributed by atoms with Crippen LogP contribution in [-0.2, 0) is 17.9 Å². The fourth-order valence-corrected chi connectivity index (χ4v) is 5.83. The van der Waals surface area contributed by atoms with Crippen molar-refractivity contribution >= 4 is 5.91 Å². The molecule has 1 aromatic rings. The van der Waals surface area contributed by atoms with Crippen LogP contribution < -0.4 is 10.9 Å². The Morgan fingerprint density at radius 2 is 1.90 bits per heavy atom. The van der Waals surface area contributed by atoms with Gasteiger partial charge in [-0.2, -0.15) is 0 Å². The molecule has 1 aliphatic carbocycles. The number of amides is 1. The Labute approximate surface area is 173 Å². The summed E-state index contributed by atoms with van der Waals surface area (Å²) in [6, 6.07) is 0.431. The number of carbonyl (C=O) groups is 1. The quantitative estimate of drug-likeness (QED) is 0.771. The van der Waals surface area contributed by atoms with E-state index in [1.165, 1.54) is 45.2 Å². The van der Waals surface area contributed by atoms with Gasteiger partial charge in [0.25, 0.3) is 0 Å². The van der Waals surface area contributed by atoms with Gasteiger partial charge in [0.15, 0.2) is 0 Å². The Hall–Kier alpha value is -1.51. The number of hydrogen-bond acceptors (Lipinski definition) is 6. The third kappa shape index (κ3) is 4.34. The molecule has 1 aromatic heterocycles. The molecule has 5 rings (SSSR count). The smallest absolute Gasteiger partial charge is 0.241 e.